The molecule has 5 nitrogen and oxygen atoms in total. The smallest absolute Gasteiger partial charge is 0.232 e. The Labute approximate surface area is 184 Å². The lowest BCUT2D eigenvalue weighted by Gasteiger charge is -2.35. The zero-order valence-electron chi connectivity index (χ0n) is 18.1. The van der Waals surface area contributed by atoms with Crippen LogP contribution in [0.5, 0.6) is 5.75 Å². The van der Waals surface area contributed by atoms with Crippen molar-refractivity contribution in [3.63, 3.8) is 0 Å². The average molecular weight is 428 g/mol. The van der Waals surface area contributed by atoms with E-state index in [1.165, 1.54) is 18.4 Å². The summed E-state index contributed by atoms with van der Waals surface area (Å²) in [6.45, 7) is 7.00. The van der Waals surface area contributed by atoms with E-state index in [4.69, 9.17) is 4.74 Å². The van der Waals surface area contributed by atoms with Crippen LogP contribution in [0.2, 0.25) is 0 Å². The van der Waals surface area contributed by atoms with Crippen molar-refractivity contribution in [2.75, 3.05) is 45.6 Å². The monoisotopic (exact) mass is 427 g/mol. The lowest BCUT2D eigenvalue weighted by atomic mass is 9.97. The molecule has 1 aromatic heterocycles. The van der Waals surface area contributed by atoms with Crippen LogP contribution in [0.15, 0.2) is 53.7 Å². The molecule has 1 amide bonds. The van der Waals surface area contributed by atoms with Gasteiger partial charge in [-0.2, -0.15) is 0 Å². The van der Waals surface area contributed by atoms with E-state index in [1.54, 1.807) is 31.3 Å². The Kier molecular flexibility index (Phi) is 9.02. The van der Waals surface area contributed by atoms with E-state index in [-0.39, 0.29) is 5.91 Å². The van der Waals surface area contributed by atoms with Gasteiger partial charge in [-0.05, 0) is 68.5 Å². The zero-order chi connectivity index (χ0) is 21.2. The summed E-state index contributed by atoms with van der Waals surface area (Å²) in [5, 5.41) is 0. The first-order chi connectivity index (χ1) is 14.7. The van der Waals surface area contributed by atoms with E-state index in [0.29, 0.717) is 11.7 Å². The number of aromatic nitrogens is 1. The van der Waals surface area contributed by atoms with Gasteiger partial charge in [0.1, 0.15) is 5.75 Å². The van der Waals surface area contributed by atoms with Crippen LogP contribution in [-0.4, -0.2) is 66.3 Å². The number of carbonyl (C=O) groups is 1. The second-order valence-corrected chi connectivity index (χ2v) is 8.86. The summed E-state index contributed by atoms with van der Waals surface area (Å²) in [4.78, 5) is 22.4. The van der Waals surface area contributed by atoms with Gasteiger partial charge in [-0.15, -0.1) is 11.8 Å². The summed E-state index contributed by atoms with van der Waals surface area (Å²) in [5.41, 5.74) is 1.31. The number of piperidine rings is 1. The molecule has 162 valence electrons. The molecule has 0 N–H and O–H groups in total. The second kappa shape index (κ2) is 12.0. The van der Waals surface area contributed by atoms with Crippen molar-refractivity contribution in [2.24, 2.45) is 5.92 Å². The molecule has 1 aromatic carbocycles. The van der Waals surface area contributed by atoms with Gasteiger partial charge in [0, 0.05) is 43.5 Å². The third-order valence-electron chi connectivity index (χ3n) is 5.68. The Morgan fingerprint density at radius 1 is 1.30 bits per heavy atom. The Balaban J connectivity index is 1.45. The minimum atomic E-state index is 0.229. The second-order valence-electron chi connectivity index (χ2n) is 7.81. The number of nitrogens with zero attached hydrogens (tertiary/aromatic N) is 3. The molecule has 1 saturated heterocycles. The van der Waals surface area contributed by atoms with Crippen molar-refractivity contribution in [2.45, 2.75) is 31.1 Å². The van der Waals surface area contributed by atoms with E-state index in [2.05, 4.69) is 35.0 Å². The summed E-state index contributed by atoms with van der Waals surface area (Å²) in [7, 11) is 1.71. The molecular weight excluding hydrogens is 394 g/mol. The minimum Gasteiger partial charge on any atom is -0.497 e. The lowest BCUT2D eigenvalue weighted by molar-refractivity contribution is -0.129. The topological polar surface area (TPSA) is 45.7 Å². The van der Waals surface area contributed by atoms with Crippen molar-refractivity contribution in [1.82, 2.24) is 14.8 Å². The summed E-state index contributed by atoms with van der Waals surface area (Å²) in [6.07, 6.45) is 6.99. The minimum absolute atomic E-state index is 0.229. The first-order valence-electron chi connectivity index (χ1n) is 10.8. The fourth-order valence-electron chi connectivity index (χ4n) is 4.01. The largest absolute Gasteiger partial charge is 0.497 e. The van der Waals surface area contributed by atoms with Crippen molar-refractivity contribution in [3.05, 3.63) is 54.4 Å². The van der Waals surface area contributed by atoms with Gasteiger partial charge < -0.3 is 14.5 Å². The number of benzene rings is 1. The van der Waals surface area contributed by atoms with Crippen molar-refractivity contribution in [1.29, 1.82) is 0 Å². The maximum Gasteiger partial charge on any atom is 0.232 e. The highest BCUT2D eigenvalue weighted by molar-refractivity contribution is 8.00. The molecule has 3 rings (SSSR count). The van der Waals surface area contributed by atoms with E-state index in [9.17, 15) is 4.79 Å². The SMILES string of the molecule is CCN(C[C@H]1CCCN(CCc2cccc(OC)c2)C1)C(=O)CSc1ccncc1. The third kappa shape index (κ3) is 7.03. The van der Waals surface area contributed by atoms with Gasteiger partial charge in [-0.1, -0.05) is 12.1 Å². The van der Waals surface area contributed by atoms with Crippen LogP contribution in [0.1, 0.15) is 25.3 Å². The Morgan fingerprint density at radius 2 is 2.13 bits per heavy atom. The molecule has 0 unspecified atom stereocenters. The number of carbonyl (C=O) groups excluding carboxylic acids is 1. The highest BCUT2D eigenvalue weighted by Crippen LogP contribution is 2.21. The van der Waals surface area contributed by atoms with Crippen LogP contribution in [0.25, 0.3) is 0 Å². The van der Waals surface area contributed by atoms with Crippen LogP contribution in [0.3, 0.4) is 0 Å². The van der Waals surface area contributed by atoms with Crippen molar-refractivity contribution < 1.29 is 9.53 Å². The number of amides is 1. The number of pyridine rings is 1. The van der Waals surface area contributed by atoms with Crippen LogP contribution in [0.4, 0.5) is 0 Å². The number of likely N-dealkylation sites (tertiary alicyclic amines) is 1. The van der Waals surface area contributed by atoms with Crippen LogP contribution in [0, 0.1) is 5.92 Å². The Bertz CT molecular complexity index is 787. The fourth-order valence-corrected chi connectivity index (χ4v) is 4.80. The molecule has 1 atom stereocenters. The molecular formula is C24H33N3O2S. The van der Waals surface area contributed by atoms with E-state index in [1.807, 2.05) is 23.1 Å². The van der Waals surface area contributed by atoms with Gasteiger partial charge in [-0.25, -0.2) is 0 Å². The standard InChI is InChI=1S/C24H33N3O2S/c1-3-27(24(28)19-30-23-9-12-25-13-10-23)18-21-7-5-14-26(17-21)15-11-20-6-4-8-22(16-20)29-2/h4,6,8-10,12-13,16,21H,3,5,7,11,14-15,17-19H2,1-2H3/t21-/m0/s1. The molecule has 0 radical (unpaired) electrons. The number of rotatable bonds is 10. The van der Waals surface area contributed by atoms with Gasteiger partial charge in [0.2, 0.25) is 5.91 Å². The van der Waals surface area contributed by atoms with Crippen molar-refractivity contribution >= 4 is 17.7 Å². The molecule has 0 bridgehead atoms. The maximum atomic E-state index is 12.7. The highest BCUT2D eigenvalue weighted by Gasteiger charge is 2.23. The summed E-state index contributed by atoms with van der Waals surface area (Å²) < 4.78 is 5.33. The molecule has 0 aliphatic carbocycles. The molecule has 0 saturated carbocycles. The molecule has 1 aliphatic heterocycles. The quantitative estimate of drug-likeness (QED) is 0.537. The summed E-state index contributed by atoms with van der Waals surface area (Å²) >= 11 is 1.59. The van der Waals surface area contributed by atoms with Crippen LogP contribution < -0.4 is 4.74 Å². The number of ether oxygens (including phenoxy) is 1. The first-order valence-corrected chi connectivity index (χ1v) is 11.8. The average Bonchev–Trinajstić information content (AvgIpc) is 2.80. The highest BCUT2D eigenvalue weighted by atomic mass is 32.2. The normalized spacial score (nSPS) is 16.9. The van der Waals surface area contributed by atoms with Crippen molar-refractivity contribution in [3.8, 4) is 5.75 Å². The molecule has 2 aromatic rings. The number of hydrogen-bond donors (Lipinski definition) is 0. The summed E-state index contributed by atoms with van der Waals surface area (Å²) in [6, 6.07) is 12.2. The molecule has 2 heterocycles. The predicted octanol–water partition coefficient (Wildman–Crippen LogP) is 3.99. The molecule has 1 fully saturated rings. The molecule has 6 heteroatoms. The predicted molar refractivity (Wildman–Crippen MR) is 123 cm³/mol. The Hall–Kier alpha value is -2.05. The molecule has 0 spiro atoms. The van der Waals surface area contributed by atoms with Gasteiger partial charge in [0.15, 0.2) is 0 Å². The van der Waals surface area contributed by atoms with E-state index < -0.39 is 0 Å². The van der Waals surface area contributed by atoms with Gasteiger partial charge >= 0.3 is 0 Å². The number of hydrogen-bond acceptors (Lipinski definition) is 5. The van der Waals surface area contributed by atoms with Gasteiger partial charge in [0.25, 0.3) is 0 Å². The van der Waals surface area contributed by atoms with Crippen LogP contribution in [-0.2, 0) is 11.2 Å². The van der Waals surface area contributed by atoms with Gasteiger partial charge in [-0.3, -0.25) is 9.78 Å². The maximum absolute atomic E-state index is 12.7. The van der Waals surface area contributed by atoms with Gasteiger partial charge in [0.05, 0.1) is 12.9 Å². The first kappa shape index (κ1) is 22.6. The zero-order valence-corrected chi connectivity index (χ0v) is 18.9. The Morgan fingerprint density at radius 3 is 2.90 bits per heavy atom. The number of methoxy groups -OCH3 is 1. The molecule has 30 heavy (non-hydrogen) atoms. The van der Waals surface area contributed by atoms with E-state index in [0.717, 1.165) is 49.8 Å². The third-order valence-corrected chi connectivity index (χ3v) is 6.68. The van der Waals surface area contributed by atoms with Crippen LogP contribution >= 0.6 is 11.8 Å². The number of thioether (sulfide) groups is 1. The fraction of sp³-hybridized carbons (Fsp3) is 0.500. The molecule has 1 aliphatic rings. The lowest BCUT2D eigenvalue weighted by Crippen LogP contribution is -2.43. The van der Waals surface area contributed by atoms with E-state index >= 15 is 0 Å². The summed E-state index contributed by atoms with van der Waals surface area (Å²) in [5.74, 6) is 2.20.